The first-order valence-electron chi connectivity index (χ1n) is 10.7. The highest BCUT2D eigenvalue weighted by Crippen LogP contribution is 2.25. The Labute approximate surface area is 200 Å². The summed E-state index contributed by atoms with van der Waals surface area (Å²) in [7, 11) is 0. The number of ether oxygens (including phenoxy) is 2. The molecule has 7 nitrogen and oxygen atoms in total. The minimum absolute atomic E-state index is 0.103. The minimum atomic E-state index is -0.360. The van der Waals surface area contributed by atoms with E-state index in [1.54, 1.807) is 0 Å². The Balaban J connectivity index is 1.51. The number of anilines is 1. The Bertz CT molecular complexity index is 1220. The summed E-state index contributed by atoms with van der Waals surface area (Å²) < 4.78 is 26.4. The zero-order chi connectivity index (χ0) is 23.8. The lowest BCUT2D eigenvalue weighted by molar-refractivity contribution is -0.113. The number of nitrogens with one attached hydrogen (secondary N) is 1. The number of aromatic nitrogens is 3. The average Bonchev–Trinajstić information content (AvgIpc) is 3.27. The van der Waals surface area contributed by atoms with E-state index < -0.39 is 0 Å². The van der Waals surface area contributed by atoms with E-state index in [1.807, 2.05) is 66.1 Å². The summed E-state index contributed by atoms with van der Waals surface area (Å²) in [5.74, 6) is 1.58. The van der Waals surface area contributed by atoms with Crippen LogP contribution in [-0.4, -0.2) is 33.0 Å². The highest BCUT2D eigenvalue weighted by molar-refractivity contribution is 7.99. The fourth-order valence-electron chi connectivity index (χ4n) is 3.13. The average molecular weight is 479 g/mol. The number of hydrogen-bond acceptors (Lipinski definition) is 6. The second-order valence-corrected chi connectivity index (χ2v) is 8.05. The maximum Gasteiger partial charge on any atom is 0.234 e. The molecule has 174 valence electrons. The SMILES string of the molecule is CCOc1ccc(-n2c(COc3ccccc3)nnc2SCC(=O)Nc2ccc(F)cc2)cc1. The van der Waals surface area contributed by atoms with Crippen LogP contribution >= 0.6 is 11.8 Å². The fraction of sp³-hybridized carbons (Fsp3) is 0.160. The lowest BCUT2D eigenvalue weighted by Crippen LogP contribution is -2.14. The third kappa shape index (κ3) is 6.14. The van der Waals surface area contributed by atoms with Crippen LogP contribution in [-0.2, 0) is 11.4 Å². The van der Waals surface area contributed by atoms with E-state index in [4.69, 9.17) is 9.47 Å². The van der Waals surface area contributed by atoms with E-state index >= 15 is 0 Å². The van der Waals surface area contributed by atoms with Gasteiger partial charge in [0.15, 0.2) is 11.0 Å². The van der Waals surface area contributed by atoms with Crippen molar-refractivity contribution >= 4 is 23.4 Å². The molecule has 4 rings (SSSR count). The Hall–Kier alpha value is -3.85. The van der Waals surface area contributed by atoms with Gasteiger partial charge in [-0.2, -0.15) is 0 Å². The van der Waals surface area contributed by atoms with E-state index in [9.17, 15) is 9.18 Å². The lowest BCUT2D eigenvalue weighted by Gasteiger charge is -2.12. The van der Waals surface area contributed by atoms with Gasteiger partial charge in [0.05, 0.1) is 12.4 Å². The van der Waals surface area contributed by atoms with E-state index in [0.29, 0.717) is 23.3 Å². The zero-order valence-electron chi connectivity index (χ0n) is 18.5. The third-order valence-electron chi connectivity index (χ3n) is 4.68. The molecule has 3 aromatic carbocycles. The molecule has 34 heavy (non-hydrogen) atoms. The van der Waals surface area contributed by atoms with Crippen LogP contribution in [0.4, 0.5) is 10.1 Å². The number of amides is 1. The van der Waals surface area contributed by atoms with Crippen molar-refractivity contribution in [2.24, 2.45) is 0 Å². The van der Waals surface area contributed by atoms with Crippen LogP contribution in [0, 0.1) is 5.82 Å². The number of rotatable bonds is 10. The molecule has 1 heterocycles. The predicted octanol–water partition coefficient (Wildman–Crippen LogP) is 5.11. The van der Waals surface area contributed by atoms with E-state index in [1.165, 1.54) is 36.0 Å². The highest BCUT2D eigenvalue weighted by atomic mass is 32.2. The van der Waals surface area contributed by atoms with Crippen molar-refractivity contribution in [2.75, 3.05) is 17.7 Å². The molecule has 0 unspecified atom stereocenters. The molecule has 9 heteroatoms. The van der Waals surface area contributed by atoms with Gasteiger partial charge in [-0.3, -0.25) is 9.36 Å². The number of halogens is 1. The second-order valence-electron chi connectivity index (χ2n) is 7.11. The van der Waals surface area contributed by atoms with E-state index in [0.717, 1.165) is 17.2 Å². The Morgan fingerprint density at radius 2 is 1.65 bits per heavy atom. The lowest BCUT2D eigenvalue weighted by atomic mass is 10.3. The smallest absolute Gasteiger partial charge is 0.234 e. The Kier molecular flexibility index (Phi) is 7.77. The van der Waals surface area contributed by atoms with Gasteiger partial charge in [-0.05, 0) is 67.6 Å². The normalized spacial score (nSPS) is 10.6. The van der Waals surface area contributed by atoms with Crippen molar-refractivity contribution in [3.63, 3.8) is 0 Å². The first kappa shape index (κ1) is 23.3. The van der Waals surface area contributed by atoms with Crippen LogP contribution in [0.3, 0.4) is 0 Å². The molecule has 4 aromatic rings. The third-order valence-corrected chi connectivity index (χ3v) is 5.61. The van der Waals surface area contributed by atoms with Gasteiger partial charge in [0.25, 0.3) is 0 Å². The van der Waals surface area contributed by atoms with Gasteiger partial charge in [0.1, 0.15) is 23.9 Å². The summed E-state index contributed by atoms with van der Waals surface area (Å²) in [4.78, 5) is 12.4. The second kappa shape index (κ2) is 11.3. The molecule has 0 aliphatic rings. The Morgan fingerprint density at radius 1 is 0.941 bits per heavy atom. The summed E-state index contributed by atoms with van der Waals surface area (Å²) in [6.07, 6.45) is 0. The number of thioether (sulfide) groups is 1. The van der Waals surface area contributed by atoms with Gasteiger partial charge < -0.3 is 14.8 Å². The van der Waals surface area contributed by atoms with Gasteiger partial charge in [-0.15, -0.1) is 10.2 Å². The highest BCUT2D eigenvalue weighted by Gasteiger charge is 2.17. The molecule has 0 aliphatic carbocycles. The molecule has 0 aliphatic heterocycles. The summed E-state index contributed by atoms with van der Waals surface area (Å²) in [6, 6.07) is 22.6. The molecule has 0 saturated carbocycles. The molecule has 0 radical (unpaired) electrons. The number of benzene rings is 3. The number of carbonyl (C=O) groups excluding carboxylic acids is 1. The van der Waals surface area contributed by atoms with Gasteiger partial charge >= 0.3 is 0 Å². The molecule has 0 spiro atoms. The van der Waals surface area contributed by atoms with Crippen molar-refractivity contribution < 1.29 is 18.7 Å². The van der Waals surface area contributed by atoms with Gasteiger partial charge in [-0.1, -0.05) is 30.0 Å². The topological polar surface area (TPSA) is 78.3 Å². The zero-order valence-corrected chi connectivity index (χ0v) is 19.3. The monoisotopic (exact) mass is 478 g/mol. The van der Waals surface area contributed by atoms with E-state index in [-0.39, 0.29) is 24.1 Å². The van der Waals surface area contributed by atoms with Crippen LogP contribution in [0.1, 0.15) is 12.7 Å². The largest absolute Gasteiger partial charge is 0.494 e. The standard InChI is InChI=1S/C25H23FN4O3S/c1-2-32-22-14-12-20(13-15-22)30-23(16-33-21-6-4-3-5-7-21)28-29-25(30)34-17-24(31)27-19-10-8-18(26)9-11-19/h3-15H,2,16-17H2,1H3,(H,27,31). The van der Waals surface area contributed by atoms with Crippen LogP contribution in [0.15, 0.2) is 84.0 Å². The number of para-hydroxylation sites is 1. The maximum atomic E-state index is 13.1. The molecule has 0 fully saturated rings. The molecular formula is C25H23FN4O3S. The molecule has 1 N–H and O–H groups in total. The van der Waals surface area contributed by atoms with Crippen molar-refractivity contribution in [3.05, 3.63) is 90.5 Å². The molecule has 0 atom stereocenters. The number of hydrogen-bond donors (Lipinski definition) is 1. The van der Waals surface area contributed by atoms with Crippen LogP contribution in [0.2, 0.25) is 0 Å². The summed E-state index contributed by atoms with van der Waals surface area (Å²) >= 11 is 1.25. The first-order chi connectivity index (χ1) is 16.6. The van der Waals surface area contributed by atoms with Crippen molar-refractivity contribution in [1.82, 2.24) is 14.8 Å². The molecule has 1 aromatic heterocycles. The molecule has 0 bridgehead atoms. The van der Waals surface area contributed by atoms with Crippen LogP contribution < -0.4 is 14.8 Å². The summed E-state index contributed by atoms with van der Waals surface area (Å²) in [5.41, 5.74) is 1.35. The van der Waals surface area contributed by atoms with Gasteiger partial charge in [-0.25, -0.2) is 4.39 Å². The van der Waals surface area contributed by atoms with E-state index in [2.05, 4.69) is 15.5 Å². The quantitative estimate of drug-likeness (QED) is 0.319. The van der Waals surface area contributed by atoms with Crippen LogP contribution in [0.5, 0.6) is 11.5 Å². The summed E-state index contributed by atoms with van der Waals surface area (Å²) in [6.45, 7) is 2.71. The molecule has 0 saturated heterocycles. The van der Waals surface area contributed by atoms with Gasteiger partial charge in [0.2, 0.25) is 5.91 Å². The van der Waals surface area contributed by atoms with Crippen molar-refractivity contribution in [1.29, 1.82) is 0 Å². The minimum Gasteiger partial charge on any atom is -0.494 e. The maximum absolute atomic E-state index is 13.1. The fourth-order valence-corrected chi connectivity index (χ4v) is 3.90. The molecular weight excluding hydrogens is 455 g/mol. The number of carbonyl (C=O) groups is 1. The van der Waals surface area contributed by atoms with Crippen LogP contribution in [0.25, 0.3) is 5.69 Å². The Morgan fingerprint density at radius 3 is 2.35 bits per heavy atom. The van der Waals surface area contributed by atoms with Gasteiger partial charge in [0, 0.05) is 11.4 Å². The number of nitrogens with zero attached hydrogens (tertiary/aromatic N) is 3. The predicted molar refractivity (Wildman–Crippen MR) is 129 cm³/mol. The van der Waals surface area contributed by atoms with Crippen molar-refractivity contribution in [3.8, 4) is 17.2 Å². The molecule has 1 amide bonds. The summed E-state index contributed by atoms with van der Waals surface area (Å²) in [5, 5.41) is 11.9. The van der Waals surface area contributed by atoms with Crippen molar-refractivity contribution in [2.45, 2.75) is 18.7 Å². The first-order valence-corrected chi connectivity index (χ1v) is 11.6.